The number of aliphatic hydroxyl groups is 1. The molecule has 3 rings (SSSR count). The Bertz CT molecular complexity index is 540. The van der Waals surface area contributed by atoms with Crippen molar-refractivity contribution < 1.29 is 14.6 Å². The Labute approximate surface area is 154 Å². The quantitative estimate of drug-likeness (QED) is 0.627. The number of benzene rings is 1. The van der Waals surface area contributed by atoms with Gasteiger partial charge in [0.25, 0.3) is 0 Å². The van der Waals surface area contributed by atoms with Gasteiger partial charge in [-0.2, -0.15) is 0 Å². The van der Waals surface area contributed by atoms with Crippen molar-refractivity contribution in [3.63, 3.8) is 0 Å². The third-order valence-electron chi connectivity index (χ3n) is 4.80. The largest absolute Gasteiger partial charge is 0.491 e. The van der Waals surface area contributed by atoms with Gasteiger partial charge in [-0.3, -0.25) is 4.90 Å². The van der Waals surface area contributed by atoms with E-state index >= 15 is 0 Å². The van der Waals surface area contributed by atoms with Gasteiger partial charge >= 0.3 is 0 Å². The van der Waals surface area contributed by atoms with Crippen molar-refractivity contribution in [2.75, 3.05) is 59.1 Å². The fraction of sp³-hybridized carbons (Fsp3) is 0.667. The van der Waals surface area contributed by atoms with Crippen molar-refractivity contribution in [2.45, 2.75) is 12.6 Å². The zero-order chi connectivity index (χ0) is 17.5. The molecule has 0 aliphatic carbocycles. The smallest absolute Gasteiger partial charge is 0.137 e. The first-order valence-corrected chi connectivity index (χ1v) is 9.41. The first-order valence-electron chi connectivity index (χ1n) is 9.03. The van der Waals surface area contributed by atoms with Crippen LogP contribution in [-0.2, 0) is 11.3 Å². The fourth-order valence-electron chi connectivity index (χ4n) is 3.21. The number of rotatable bonds is 8. The van der Waals surface area contributed by atoms with Gasteiger partial charge < -0.3 is 25.2 Å². The standard InChI is InChI=1S/C18H28ClN3O3/c19-16-9-14(10-20-11-15-12-21-13-17(15)23)1-2-18(16)25-8-5-22-3-6-24-7-4-22/h1-2,9,15,17,20-21,23H,3-8,10-13H2. The lowest BCUT2D eigenvalue weighted by molar-refractivity contribution is 0.0322. The summed E-state index contributed by atoms with van der Waals surface area (Å²) in [5.41, 5.74) is 1.12. The molecule has 3 N–H and O–H groups in total. The topological polar surface area (TPSA) is 66.0 Å². The van der Waals surface area contributed by atoms with E-state index in [9.17, 15) is 5.11 Å². The molecule has 2 aliphatic rings. The van der Waals surface area contributed by atoms with E-state index in [4.69, 9.17) is 21.1 Å². The summed E-state index contributed by atoms with van der Waals surface area (Å²) in [4.78, 5) is 2.34. The van der Waals surface area contributed by atoms with Gasteiger partial charge in [0.2, 0.25) is 0 Å². The van der Waals surface area contributed by atoms with E-state index in [-0.39, 0.29) is 12.0 Å². The van der Waals surface area contributed by atoms with Gasteiger partial charge in [-0.25, -0.2) is 0 Å². The second-order valence-electron chi connectivity index (χ2n) is 6.68. The molecule has 0 bridgehead atoms. The second-order valence-corrected chi connectivity index (χ2v) is 7.09. The highest BCUT2D eigenvalue weighted by Gasteiger charge is 2.24. The highest BCUT2D eigenvalue weighted by Crippen LogP contribution is 2.25. The molecule has 140 valence electrons. The van der Waals surface area contributed by atoms with E-state index in [0.717, 1.165) is 63.8 Å². The van der Waals surface area contributed by atoms with Gasteiger partial charge in [-0.15, -0.1) is 0 Å². The molecule has 0 amide bonds. The number of nitrogens with one attached hydrogen (secondary N) is 2. The van der Waals surface area contributed by atoms with Gasteiger partial charge in [0.1, 0.15) is 12.4 Å². The molecule has 0 aromatic heterocycles. The van der Waals surface area contributed by atoms with Crippen LogP contribution in [-0.4, -0.2) is 75.2 Å². The highest BCUT2D eigenvalue weighted by molar-refractivity contribution is 6.32. The molecule has 6 nitrogen and oxygen atoms in total. The minimum atomic E-state index is -0.252. The van der Waals surface area contributed by atoms with Gasteiger partial charge in [-0.1, -0.05) is 17.7 Å². The number of hydrogen-bond donors (Lipinski definition) is 3. The summed E-state index contributed by atoms with van der Waals surface area (Å²) in [5, 5.41) is 17.0. The summed E-state index contributed by atoms with van der Waals surface area (Å²) in [6, 6.07) is 5.92. The average molecular weight is 370 g/mol. The van der Waals surface area contributed by atoms with E-state index in [1.54, 1.807) is 0 Å². The van der Waals surface area contributed by atoms with Crippen LogP contribution in [0.15, 0.2) is 18.2 Å². The maximum atomic E-state index is 9.79. The van der Waals surface area contributed by atoms with Gasteiger partial charge in [0, 0.05) is 51.7 Å². The van der Waals surface area contributed by atoms with Crippen LogP contribution in [0.4, 0.5) is 0 Å². The maximum absolute atomic E-state index is 9.79. The first-order chi connectivity index (χ1) is 12.2. The van der Waals surface area contributed by atoms with Crippen LogP contribution in [0, 0.1) is 5.92 Å². The predicted octanol–water partition coefficient (Wildman–Crippen LogP) is 0.721. The normalized spacial score (nSPS) is 24.6. The van der Waals surface area contributed by atoms with Gasteiger partial charge in [0.05, 0.1) is 24.3 Å². The van der Waals surface area contributed by atoms with Crippen LogP contribution in [0.3, 0.4) is 0 Å². The molecule has 0 saturated carbocycles. The van der Waals surface area contributed by atoms with E-state index in [1.165, 1.54) is 0 Å². The molecular formula is C18H28ClN3O3. The van der Waals surface area contributed by atoms with E-state index in [1.807, 2.05) is 18.2 Å². The van der Waals surface area contributed by atoms with Crippen LogP contribution < -0.4 is 15.4 Å². The average Bonchev–Trinajstić information content (AvgIpc) is 3.03. The third kappa shape index (κ3) is 5.81. The summed E-state index contributed by atoms with van der Waals surface area (Å²) in [6.45, 7) is 8.14. The van der Waals surface area contributed by atoms with Crippen LogP contribution in [0.1, 0.15) is 5.56 Å². The summed E-state index contributed by atoms with van der Waals surface area (Å²) in [5.74, 6) is 1.01. The molecule has 1 aromatic rings. The van der Waals surface area contributed by atoms with Crippen molar-refractivity contribution in [3.8, 4) is 5.75 Å². The second kappa shape index (κ2) is 9.71. The summed E-state index contributed by atoms with van der Waals surface area (Å²) < 4.78 is 11.2. The number of halogens is 1. The molecule has 0 radical (unpaired) electrons. The molecule has 1 aromatic carbocycles. The highest BCUT2D eigenvalue weighted by atomic mass is 35.5. The molecule has 2 unspecified atom stereocenters. The lowest BCUT2D eigenvalue weighted by Crippen LogP contribution is -2.38. The molecular weight excluding hydrogens is 342 g/mol. The van der Waals surface area contributed by atoms with Gasteiger partial charge in [-0.05, 0) is 17.7 Å². The molecule has 7 heteroatoms. The van der Waals surface area contributed by atoms with E-state index in [0.29, 0.717) is 18.2 Å². The SMILES string of the molecule is OC1CNCC1CNCc1ccc(OCCN2CCOCC2)c(Cl)c1. The first kappa shape index (κ1) is 18.9. The maximum Gasteiger partial charge on any atom is 0.137 e. The Morgan fingerprint density at radius 2 is 2.16 bits per heavy atom. The number of β-amino-alcohol motifs (C(OH)–C–C–N with tert-alkyl or cyclic N) is 1. The predicted molar refractivity (Wildman–Crippen MR) is 98.3 cm³/mol. The molecule has 2 fully saturated rings. The molecule has 2 atom stereocenters. The Hall–Kier alpha value is -0.890. The Balaban J connectivity index is 1.39. The van der Waals surface area contributed by atoms with Gasteiger partial charge in [0.15, 0.2) is 0 Å². The zero-order valence-electron chi connectivity index (χ0n) is 14.5. The fourth-order valence-corrected chi connectivity index (χ4v) is 3.47. The number of hydrogen-bond acceptors (Lipinski definition) is 6. The minimum absolute atomic E-state index is 0.252. The van der Waals surface area contributed by atoms with Crippen LogP contribution >= 0.6 is 11.6 Å². The minimum Gasteiger partial charge on any atom is -0.491 e. The molecule has 2 saturated heterocycles. The van der Waals surface area contributed by atoms with Crippen molar-refractivity contribution in [1.82, 2.24) is 15.5 Å². The lowest BCUT2D eigenvalue weighted by Gasteiger charge is -2.26. The lowest BCUT2D eigenvalue weighted by atomic mass is 10.1. The number of ether oxygens (including phenoxy) is 2. The molecule has 25 heavy (non-hydrogen) atoms. The summed E-state index contributed by atoms with van der Waals surface area (Å²) >= 11 is 6.34. The van der Waals surface area contributed by atoms with Crippen LogP contribution in [0.25, 0.3) is 0 Å². The Morgan fingerprint density at radius 3 is 2.88 bits per heavy atom. The molecule has 2 heterocycles. The summed E-state index contributed by atoms with van der Waals surface area (Å²) in [6.07, 6.45) is -0.252. The van der Waals surface area contributed by atoms with E-state index in [2.05, 4.69) is 15.5 Å². The van der Waals surface area contributed by atoms with Crippen molar-refractivity contribution in [3.05, 3.63) is 28.8 Å². The van der Waals surface area contributed by atoms with Crippen molar-refractivity contribution in [1.29, 1.82) is 0 Å². The van der Waals surface area contributed by atoms with Crippen molar-refractivity contribution in [2.24, 2.45) is 5.92 Å². The molecule has 0 spiro atoms. The zero-order valence-corrected chi connectivity index (χ0v) is 15.3. The van der Waals surface area contributed by atoms with E-state index < -0.39 is 0 Å². The number of nitrogens with zero attached hydrogens (tertiary/aromatic N) is 1. The molecule has 2 aliphatic heterocycles. The van der Waals surface area contributed by atoms with Crippen LogP contribution in [0.2, 0.25) is 5.02 Å². The van der Waals surface area contributed by atoms with Crippen LogP contribution in [0.5, 0.6) is 5.75 Å². The van der Waals surface area contributed by atoms with Crippen molar-refractivity contribution >= 4 is 11.6 Å². The summed E-state index contributed by atoms with van der Waals surface area (Å²) in [7, 11) is 0. The number of morpholine rings is 1. The Kier molecular flexibility index (Phi) is 7.34. The monoisotopic (exact) mass is 369 g/mol. The third-order valence-corrected chi connectivity index (χ3v) is 5.10. The number of aliphatic hydroxyl groups excluding tert-OH is 1. The Morgan fingerprint density at radius 1 is 1.32 bits per heavy atom.